The van der Waals surface area contributed by atoms with E-state index in [1.807, 2.05) is 0 Å². The number of aryl methyl sites for hydroxylation is 2. The maximum atomic E-state index is 5.96. The summed E-state index contributed by atoms with van der Waals surface area (Å²) in [5, 5.41) is 4.00. The normalized spacial score (nSPS) is 12.6. The van der Waals surface area contributed by atoms with Crippen molar-refractivity contribution in [2.24, 2.45) is 5.73 Å². The fraction of sp³-hybridized carbons (Fsp3) is 0.467. The molecule has 0 saturated heterocycles. The van der Waals surface area contributed by atoms with Gasteiger partial charge in [0.1, 0.15) is 0 Å². The molecule has 0 radical (unpaired) electrons. The zero-order valence-corrected chi connectivity index (χ0v) is 11.8. The maximum absolute atomic E-state index is 5.96. The van der Waals surface area contributed by atoms with Gasteiger partial charge in [-0.25, -0.2) is 0 Å². The van der Waals surface area contributed by atoms with Gasteiger partial charge >= 0.3 is 0 Å². The summed E-state index contributed by atoms with van der Waals surface area (Å²) in [6.07, 6.45) is 2.56. The fourth-order valence-corrected chi connectivity index (χ4v) is 2.02. The van der Waals surface area contributed by atoms with E-state index in [-0.39, 0.29) is 6.04 Å². The monoisotopic (exact) mass is 259 g/mol. The van der Waals surface area contributed by atoms with Gasteiger partial charge in [-0.05, 0) is 37.0 Å². The molecule has 0 aliphatic rings. The number of hydrogen-bond acceptors (Lipinski definition) is 4. The molecule has 2 N–H and O–H groups in total. The zero-order chi connectivity index (χ0) is 13.8. The Labute approximate surface area is 114 Å². The predicted octanol–water partition coefficient (Wildman–Crippen LogP) is 3.08. The smallest absolute Gasteiger partial charge is 0.243 e. The van der Waals surface area contributed by atoms with Crippen LogP contribution in [0.1, 0.15) is 54.2 Å². The molecule has 0 fully saturated rings. The van der Waals surface area contributed by atoms with Gasteiger partial charge in [0.2, 0.25) is 5.89 Å². The molecule has 4 heteroatoms. The molecule has 1 atom stereocenters. The third-order valence-electron chi connectivity index (χ3n) is 3.33. The van der Waals surface area contributed by atoms with E-state index in [4.69, 9.17) is 10.3 Å². The van der Waals surface area contributed by atoms with E-state index in [1.54, 1.807) is 0 Å². The Morgan fingerprint density at radius 2 is 2.05 bits per heavy atom. The lowest BCUT2D eigenvalue weighted by Gasteiger charge is -2.03. The minimum atomic E-state index is -0.147. The van der Waals surface area contributed by atoms with Crippen molar-refractivity contribution in [1.82, 2.24) is 10.1 Å². The molecule has 1 heterocycles. The summed E-state index contributed by atoms with van der Waals surface area (Å²) in [7, 11) is 0. The second-order valence-electron chi connectivity index (χ2n) is 5.04. The van der Waals surface area contributed by atoms with Crippen molar-refractivity contribution in [1.29, 1.82) is 0 Å². The molecule has 0 aliphatic carbocycles. The van der Waals surface area contributed by atoms with Crippen LogP contribution in [0.25, 0.3) is 0 Å². The first kappa shape index (κ1) is 13.7. The molecule has 0 saturated carbocycles. The van der Waals surface area contributed by atoms with Gasteiger partial charge in [0.15, 0.2) is 5.82 Å². The highest BCUT2D eigenvalue weighted by atomic mass is 16.5. The third kappa shape index (κ3) is 3.41. The number of nitrogens with two attached hydrogens (primary N) is 1. The molecule has 19 heavy (non-hydrogen) atoms. The van der Waals surface area contributed by atoms with Crippen molar-refractivity contribution in [3.8, 4) is 0 Å². The van der Waals surface area contributed by atoms with Crippen molar-refractivity contribution in [2.75, 3.05) is 0 Å². The maximum Gasteiger partial charge on any atom is 0.243 e. The lowest BCUT2D eigenvalue weighted by atomic mass is 10.0. The molecule has 1 aromatic heterocycles. The first-order chi connectivity index (χ1) is 9.10. The van der Waals surface area contributed by atoms with Gasteiger partial charge < -0.3 is 10.3 Å². The fourth-order valence-electron chi connectivity index (χ4n) is 2.02. The lowest BCUT2D eigenvalue weighted by molar-refractivity contribution is 0.345. The van der Waals surface area contributed by atoms with Crippen molar-refractivity contribution in [2.45, 2.75) is 46.1 Å². The minimum absolute atomic E-state index is 0.147. The van der Waals surface area contributed by atoms with Gasteiger partial charge in [-0.15, -0.1) is 0 Å². The van der Waals surface area contributed by atoms with Crippen molar-refractivity contribution < 1.29 is 4.52 Å². The topological polar surface area (TPSA) is 64.9 Å². The van der Waals surface area contributed by atoms with Crippen LogP contribution in [0.3, 0.4) is 0 Å². The Bertz CT molecular complexity index is 548. The second-order valence-corrected chi connectivity index (χ2v) is 5.04. The van der Waals surface area contributed by atoms with E-state index < -0.39 is 0 Å². The van der Waals surface area contributed by atoms with Crippen molar-refractivity contribution >= 4 is 0 Å². The quantitative estimate of drug-likeness (QED) is 0.896. The lowest BCUT2D eigenvalue weighted by Crippen LogP contribution is -2.10. The van der Waals surface area contributed by atoms with E-state index in [1.165, 1.54) is 16.7 Å². The molecule has 0 bridgehead atoms. The third-order valence-corrected chi connectivity index (χ3v) is 3.33. The van der Waals surface area contributed by atoms with Crippen LogP contribution in [-0.2, 0) is 6.42 Å². The average molecular weight is 259 g/mol. The molecule has 1 aromatic carbocycles. The van der Waals surface area contributed by atoms with Crippen LogP contribution in [0.5, 0.6) is 0 Å². The molecule has 0 unspecified atom stereocenters. The molecule has 102 valence electrons. The van der Waals surface area contributed by atoms with Crippen LogP contribution in [0.2, 0.25) is 0 Å². The molecule has 4 nitrogen and oxygen atoms in total. The van der Waals surface area contributed by atoms with Crippen molar-refractivity contribution in [3.63, 3.8) is 0 Å². The molecular formula is C15H21N3O. The van der Waals surface area contributed by atoms with Crippen LogP contribution in [0.15, 0.2) is 22.7 Å². The summed E-state index contributed by atoms with van der Waals surface area (Å²) in [4.78, 5) is 4.37. The highest BCUT2D eigenvalue weighted by Gasteiger charge is 2.14. The first-order valence-corrected chi connectivity index (χ1v) is 6.74. The van der Waals surface area contributed by atoms with E-state index in [2.05, 4.69) is 49.1 Å². The van der Waals surface area contributed by atoms with Crippen LogP contribution in [-0.4, -0.2) is 10.1 Å². The zero-order valence-electron chi connectivity index (χ0n) is 11.8. The number of nitrogens with zero attached hydrogens (tertiary/aromatic N) is 2. The number of rotatable bonds is 5. The van der Waals surface area contributed by atoms with Gasteiger partial charge in [-0.2, -0.15) is 4.98 Å². The Balaban J connectivity index is 2.09. The van der Waals surface area contributed by atoms with Gasteiger partial charge in [0, 0.05) is 6.42 Å². The Hall–Kier alpha value is -1.68. The SMILES string of the molecule is CCC[C@H](N)c1nc(Cc2ccc(C)c(C)c2)no1. The summed E-state index contributed by atoms with van der Waals surface area (Å²) in [6, 6.07) is 6.24. The molecule has 2 rings (SSSR count). The summed E-state index contributed by atoms with van der Waals surface area (Å²) in [5.74, 6) is 1.24. The van der Waals surface area contributed by atoms with Crippen molar-refractivity contribution in [3.05, 3.63) is 46.6 Å². The number of hydrogen-bond donors (Lipinski definition) is 1. The van der Waals surface area contributed by atoms with E-state index in [0.717, 1.165) is 12.8 Å². The van der Waals surface area contributed by atoms with Crippen LogP contribution in [0.4, 0.5) is 0 Å². The second kappa shape index (κ2) is 5.97. The summed E-state index contributed by atoms with van der Waals surface area (Å²) in [5.41, 5.74) is 9.73. The first-order valence-electron chi connectivity index (χ1n) is 6.74. The molecule has 0 spiro atoms. The highest BCUT2D eigenvalue weighted by molar-refractivity contribution is 5.31. The molecule has 2 aromatic rings. The standard InChI is InChI=1S/C15H21N3O/c1-4-5-13(16)15-17-14(18-19-15)9-12-7-6-10(2)11(3)8-12/h6-8,13H,4-5,9,16H2,1-3H3/t13-/m0/s1. The summed E-state index contributed by atoms with van der Waals surface area (Å²) in [6.45, 7) is 6.30. The summed E-state index contributed by atoms with van der Waals surface area (Å²) < 4.78 is 5.22. The van der Waals surface area contributed by atoms with E-state index in [9.17, 15) is 0 Å². The van der Waals surface area contributed by atoms with E-state index >= 15 is 0 Å². The molecular weight excluding hydrogens is 238 g/mol. The average Bonchev–Trinajstić information content (AvgIpc) is 2.83. The van der Waals surface area contributed by atoms with Crippen LogP contribution in [0, 0.1) is 13.8 Å². The van der Waals surface area contributed by atoms with Gasteiger partial charge in [0.05, 0.1) is 6.04 Å². The van der Waals surface area contributed by atoms with Crippen LogP contribution < -0.4 is 5.73 Å². The minimum Gasteiger partial charge on any atom is -0.338 e. The largest absolute Gasteiger partial charge is 0.338 e. The van der Waals surface area contributed by atoms with Gasteiger partial charge in [-0.3, -0.25) is 0 Å². The number of aromatic nitrogens is 2. The Kier molecular flexibility index (Phi) is 4.32. The Morgan fingerprint density at radius 1 is 1.26 bits per heavy atom. The van der Waals surface area contributed by atoms with E-state index in [0.29, 0.717) is 18.1 Å². The summed E-state index contributed by atoms with van der Waals surface area (Å²) >= 11 is 0. The van der Waals surface area contributed by atoms with Gasteiger partial charge in [0.25, 0.3) is 0 Å². The van der Waals surface area contributed by atoms with Gasteiger partial charge in [-0.1, -0.05) is 36.7 Å². The molecule has 0 aliphatic heterocycles. The van der Waals surface area contributed by atoms with Crippen LogP contribution >= 0.6 is 0 Å². The highest BCUT2D eigenvalue weighted by Crippen LogP contribution is 2.16. The predicted molar refractivity (Wildman–Crippen MR) is 74.9 cm³/mol. The number of benzene rings is 1. The Morgan fingerprint density at radius 3 is 2.74 bits per heavy atom. The molecule has 0 amide bonds.